The van der Waals surface area contributed by atoms with Gasteiger partial charge in [0.25, 0.3) is 5.91 Å². The molecule has 1 N–H and O–H groups in total. The molecule has 23 heavy (non-hydrogen) atoms. The number of amides is 1. The normalized spacial score (nSPS) is 10.7. The molecule has 0 fully saturated rings. The first-order chi connectivity index (χ1) is 11.2. The molecule has 1 amide bonds. The number of hydrogen-bond acceptors (Lipinski definition) is 6. The lowest BCUT2D eigenvalue weighted by atomic mass is 10.1. The zero-order chi connectivity index (χ0) is 16.2. The molecule has 0 aliphatic carbocycles. The zero-order valence-electron chi connectivity index (χ0n) is 12.7. The van der Waals surface area contributed by atoms with Gasteiger partial charge in [-0.2, -0.15) is 5.10 Å². The van der Waals surface area contributed by atoms with Crippen LogP contribution in [0.5, 0.6) is 0 Å². The van der Waals surface area contributed by atoms with Crippen molar-refractivity contribution >= 4 is 23.7 Å². The van der Waals surface area contributed by atoms with E-state index in [0.29, 0.717) is 18.0 Å². The van der Waals surface area contributed by atoms with E-state index in [4.69, 9.17) is 4.42 Å². The molecule has 0 bridgehead atoms. The molecule has 0 saturated heterocycles. The monoisotopic (exact) mass is 329 g/mol. The minimum Gasteiger partial charge on any atom is -0.407 e. The van der Waals surface area contributed by atoms with Crippen molar-refractivity contribution in [2.75, 3.05) is 11.6 Å². The van der Waals surface area contributed by atoms with Gasteiger partial charge in [0.2, 0.25) is 5.89 Å². The summed E-state index contributed by atoms with van der Waals surface area (Å²) in [6.45, 7) is 0. The third kappa shape index (κ3) is 3.59. The lowest BCUT2D eigenvalue weighted by molar-refractivity contribution is 0.101. The molecule has 0 unspecified atom stereocenters. The lowest BCUT2D eigenvalue weighted by Crippen LogP contribution is -2.16. The second-order valence-electron chi connectivity index (χ2n) is 4.82. The maximum Gasteiger partial charge on any atom is 0.322 e. The largest absolute Gasteiger partial charge is 0.407 e. The van der Waals surface area contributed by atoms with Crippen molar-refractivity contribution in [3.63, 3.8) is 0 Å². The Hall–Kier alpha value is -2.61. The van der Waals surface area contributed by atoms with Crippen LogP contribution in [0.3, 0.4) is 0 Å². The fourth-order valence-corrected chi connectivity index (χ4v) is 2.46. The maximum atomic E-state index is 12.0. The van der Waals surface area contributed by atoms with Crippen LogP contribution in [0.25, 0.3) is 0 Å². The van der Waals surface area contributed by atoms with Crippen LogP contribution in [0.2, 0.25) is 0 Å². The Balaban J connectivity index is 1.65. The molecule has 1 aromatic carbocycles. The highest BCUT2D eigenvalue weighted by Crippen LogP contribution is 2.17. The van der Waals surface area contributed by atoms with E-state index in [2.05, 4.69) is 20.6 Å². The van der Waals surface area contributed by atoms with Crippen molar-refractivity contribution in [2.45, 2.75) is 11.3 Å². The van der Waals surface area contributed by atoms with E-state index in [9.17, 15) is 4.79 Å². The molecule has 0 spiro atoms. The van der Waals surface area contributed by atoms with Crippen LogP contribution in [0.1, 0.15) is 21.9 Å². The molecule has 7 nitrogen and oxygen atoms in total. The summed E-state index contributed by atoms with van der Waals surface area (Å²) in [6, 6.07) is 9.81. The Labute approximate surface area is 137 Å². The molecule has 0 atom stereocenters. The second-order valence-corrected chi connectivity index (χ2v) is 5.70. The van der Waals surface area contributed by atoms with Crippen molar-refractivity contribution in [3.8, 4) is 0 Å². The van der Waals surface area contributed by atoms with Gasteiger partial charge in [0, 0.05) is 18.1 Å². The molecule has 0 aliphatic rings. The van der Waals surface area contributed by atoms with Gasteiger partial charge in [-0.05, 0) is 30.0 Å². The highest BCUT2D eigenvalue weighted by Gasteiger charge is 2.14. The smallest absolute Gasteiger partial charge is 0.322 e. The second kappa shape index (κ2) is 6.66. The van der Waals surface area contributed by atoms with Gasteiger partial charge in [-0.15, -0.1) is 16.9 Å². The number of carbonyl (C=O) groups is 1. The molecule has 118 valence electrons. The minimum absolute atomic E-state index is 0.0759. The summed E-state index contributed by atoms with van der Waals surface area (Å²) < 4.78 is 6.94. The Kier molecular flexibility index (Phi) is 4.42. The van der Waals surface area contributed by atoms with Crippen molar-refractivity contribution < 1.29 is 9.21 Å². The quantitative estimate of drug-likeness (QED) is 0.723. The van der Waals surface area contributed by atoms with E-state index in [-0.39, 0.29) is 11.9 Å². The standard InChI is InChI=1S/C15H15N5O2S/c1-20-12(7-8-16-20)14(21)17-15-19-18-13(22-15)9-10-3-5-11(23-2)6-4-10/h3-8H,9H2,1-2H3,(H,17,19,21). The number of nitrogens with one attached hydrogen (secondary N) is 1. The van der Waals surface area contributed by atoms with Gasteiger partial charge < -0.3 is 4.42 Å². The minimum atomic E-state index is -0.343. The van der Waals surface area contributed by atoms with Crippen LogP contribution in [-0.2, 0) is 13.5 Å². The van der Waals surface area contributed by atoms with Crippen molar-refractivity contribution in [1.29, 1.82) is 0 Å². The fraction of sp³-hybridized carbons (Fsp3) is 0.200. The molecule has 8 heteroatoms. The predicted octanol–water partition coefficient (Wildman–Crippen LogP) is 2.37. The first-order valence-electron chi connectivity index (χ1n) is 6.90. The Morgan fingerprint density at radius 1 is 1.26 bits per heavy atom. The van der Waals surface area contributed by atoms with Gasteiger partial charge in [0.1, 0.15) is 5.69 Å². The van der Waals surface area contributed by atoms with Crippen LogP contribution in [0.4, 0.5) is 6.01 Å². The molecule has 0 radical (unpaired) electrons. The van der Waals surface area contributed by atoms with Gasteiger partial charge >= 0.3 is 6.01 Å². The summed E-state index contributed by atoms with van der Waals surface area (Å²) in [4.78, 5) is 13.2. The van der Waals surface area contributed by atoms with E-state index >= 15 is 0 Å². The number of thioether (sulfide) groups is 1. The average molecular weight is 329 g/mol. The first kappa shape index (κ1) is 15.3. The van der Waals surface area contributed by atoms with Crippen LogP contribution < -0.4 is 5.32 Å². The van der Waals surface area contributed by atoms with E-state index < -0.39 is 0 Å². The van der Waals surface area contributed by atoms with E-state index in [1.807, 2.05) is 30.5 Å². The van der Waals surface area contributed by atoms with Gasteiger partial charge in [0.15, 0.2) is 0 Å². The zero-order valence-corrected chi connectivity index (χ0v) is 13.5. The van der Waals surface area contributed by atoms with Gasteiger partial charge in [-0.1, -0.05) is 17.2 Å². The Morgan fingerprint density at radius 3 is 2.70 bits per heavy atom. The molecule has 3 aromatic rings. The average Bonchev–Trinajstić information content (AvgIpc) is 3.17. The third-order valence-corrected chi connectivity index (χ3v) is 4.00. The SMILES string of the molecule is CSc1ccc(Cc2nnc(NC(=O)c3ccnn3C)o2)cc1. The number of anilines is 1. The van der Waals surface area contributed by atoms with Crippen LogP contribution in [-0.4, -0.2) is 32.1 Å². The number of benzene rings is 1. The molecular formula is C15H15N5O2S. The summed E-state index contributed by atoms with van der Waals surface area (Å²) >= 11 is 1.69. The van der Waals surface area contributed by atoms with Gasteiger partial charge in [0.05, 0.1) is 6.42 Å². The van der Waals surface area contributed by atoms with Gasteiger partial charge in [-0.3, -0.25) is 14.8 Å². The molecule has 2 heterocycles. The summed E-state index contributed by atoms with van der Waals surface area (Å²) in [6.07, 6.45) is 4.10. The van der Waals surface area contributed by atoms with Crippen molar-refractivity contribution in [2.24, 2.45) is 7.05 Å². The number of rotatable bonds is 5. The van der Waals surface area contributed by atoms with Crippen molar-refractivity contribution in [3.05, 3.63) is 53.7 Å². The van der Waals surface area contributed by atoms with E-state index in [0.717, 1.165) is 5.56 Å². The molecule has 0 aliphatic heterocycles. The molecule has 0 saturated carbocycles. The van der Waals surface area contributed by atoms with Gasteiger partial charge in [-0.25, -0.2) is 0 Å². The Bertz CT molecular complexity index is 809. The summed E-state index contributed by atoms with van der Waals surface area (Å²) in [5.41, 5.74) is 1.48. The van der Waals surface area contributed by atoms with Crippen LogP contribution in [0, 0.1) is 0 Å². The van der Waals surface area contributed by atoms with E-state index in [1.165, 1.54) is 9.58 Å². The van der Waals surface area contributed by atoms with Crippen LogP contribution >= 0.6 is 11.8 Å². The summed E-state index contributed by atoms with van der Waals surface area (Å²) in [5, 5.41) is 14.3. The van der Waals surface area contributed by atoms with Crippen LogP contribution in [0.15, 0.2) is 45.8 Å². The molecule has 3 rings (SSSR count). The molecule has 2 aromatic heterocycles. The lowest BCUT2D eigenvalue weighted by Gasteiger charge is -2.00. The number of carbonyl (C=O) groups excluding carboxylic acids is 1. The highest BCUT2D eigenvalue weighted by atomic mass is 32.2. The van der Waals surface area contributed by atoms with Crippen molar-refractivity contribution in [1.82, 2.24) is 20.0 Å². The fourth-order valence-electron chi connectivity index (χ4n) is 2.05. The first-order valence-corrected chi connectivity index (χ1v) is 8.13. The number of aryl methyl sites for hydroxylation is 1. The maximum absolute atomic E-state index is 12.0. The highest BCUT2D eigenvalue weighted by molar-refractivity contribution is 7.98. The number of hydrogen-bond donors (Lipinski definition) is 1. The van der Waals surface area contributed by atoms with E-state index in [1.54, 1.807) is 31.1 Å². The topological polar surface area (TPSA) is 85.8 Å². The summed E-state index contributed by atoms with van der Waals surface area (Å²) in [7, 11) is 1.69. The number of aromatic nitrogens is 4. The molecular weight excluding hydrogens is 314 g/mol. The Morgan fingerprint density at radius 2 is 2.04 bits per heavy atom. The number of nitrogens with zero attached hydrogens (tertiary/aromatic N) is 4. The third-order valence-electron chi connectivity index (χ3n) is 3.26. The summed E-state index contributed by atoms with van der Waals surface area (Å²) in [5.74, 6) is 0.103. The predicted molar refractivity (Wildman–Crippen MR) is 86.5 cm³/mol.